The van der Waals surface area contributed by atoms with Gasteiger partial charge in [0.05, 0.1) is 39.1 Å². The van der Waals surface area contributed by atoms with E-state index >= 15 is 0 Å². The van der Waals surface area contributed by atoms with Crippen LogP contribution in [0.5, 0.6) is 11.5 Å². The molecule has 20 aromatic rings. The van der Waals surface area contributed by atoms with Crippen molar-refractivity contribution < 1.29 is 9.15 Å². The lowest BCUT2D eigenvalue weighted by Crippen LogP contribution is -2.64. The molecule has 119 heavy (non-hydrogen) atoms. The van der Waals surface area contributed by atoms with Gasteiger partial charge in [0.1, 0.15) is 17.1 Å². The molecular weight excluding hydrogens is 1440 g/mol. The van der Waals surface area contributed by atoms with Crippen LogP contribution in [0, 0.1) is 0 Å². The number of ether oxygens (including phenoxy) is 1. The van der Waals surface area contributed by atoms with E-state index in [-0.39, 0.29) is 24.3 Å². The van der Waals surface area contributed by atoms with Gasteiger partial charge < -0.3 is 33.0 Å². The average Bonchev–Trinajstić information content (AvgIpc) is 1.27. The molecule has 0 atom stereocenters. The van der Waals surface area contributed by atoms with Gasteiger partial charge in [0.15, 0.2) is 5.58 Å². The number of anilines is 9. The Labute approximate surface area is 692 Å². The standard InChI is InChI=1S/C110H79B2N5O2/c1-109(2,3)72-60-98-104-99(61-72)116(106-76(68-32-11-7-12-33-68)45-29-46-77(106)69-34-13-8-14-35-69)95-64-74(113-90-50-24-19-40-80(90)81-41-20-25-51-91(81)113)56-58-86(95)111(104)88-66-89-97(67-96(88)115(98)94-54-31-49-85-84-44-23-28-55-101(84)119-108(85)94)117(107-78(70-36-15-9-16-37-70)47-30-48-79(107)71-38-17-10-18-39-71)100-62-73(110(4,5)6)63-103-105(100)112(89)87-59-57-75(65-102(87)118-103)114-92-52-26-21-42-82(92)83-43-22-27-53-93(83)114/h7-67H,1-6H3. The maximum absolute atomic E-state index is 7.87. The first kappa shape index (κ1) is 68.8. The summed E-state index contributed by atoms with van der Waals surface area (Å²) in [6, 6.07) is 139. The second-order valence-corrected chi connectivity index (χ2v) is 34.6. The Morgan fingerprint density at radius 3 is 1.12 bits per heavy atom. The first-order valence-corrected chi connectivity index (χ1v) is 41.6. The van der Waals surface area contributed by atoms with Crippen molar-refractivity contribution >= 4 is 163 Å². The molecule has 0 bridgehead atoms. The second kappa shape index (κ2) is 26.0. The first-order valence-electron chi connectivity index (χ1n) is 41.6. The summed E-state index contributed by atoms with van der Waals surface area (Å²) in [4.78, 5) is 7.99. The average molecular weight is 1520 g/mol. The summed E-state index contributed by atoms with van der Waals surface area (Å²) in [6.07, 6.45) is 0. The number of hydrogen-bond acceptors (Lipinski definition) is 5. The number of benzene rings is 17. The highest BCUT2D eigenvalue weighted by Crippen LogP contribution is 2.56. The summed E-state index contributed by atoms with van der Waals surface area (Å²) < 4.78 is 20.3. The lowest BCUT2D eigenvalue weighted by molar-refractivity contribution is 0.483. The molecule has 0 spiro atoms. The third kappa shape index (κ3) is 10.4. The molecule has 0 fully saturated rings. The molecule has 24 rings (SSSR count). The minimum atomic E-state index is -0.373. The Morgan fingerprint density at radius 1 is 0.252 bits per heavy atom. The van der Waals surface area contributed by atoms with Crippen molar-refractivity contribution in [3.05, 3.63) is 381 Å². The number of nitrogens with zero attached hydrogens (tertiary/aromatic N) is 5. The van der Waals surface area contributed by atoms with Crippen LogP contribution in [0.25, 0.3) is 121 Å². The lowest BCUT2D eigenvalue weighted by Gasteiger charge is -2.47. The van der Waals surface area contributed by atoms with E-state index < -0.39 is 0 Å². The molecule has 7 heterocycles. The topological polar surface area (TPSA) is 42.0 Å². The zero-order chi connectivity index (χ0) is 79.3. The van der Waals surface area contributed by atoms with Crippen molar-refractivity contribution in [3.63, 3.8) is 0 Å². The van der Waals surface area contributed by atoms with E-state index in [0.29, 0.717) is 0 Å². The van der Waals surface area contributed by atoms with E-state index in [2.05, 4.69) is 435 Å². The van der Waals surface area contributed by atoms with E-state index in [1.54, 1.807) is 0 Å². The second-order valence-electron chi connectivity index (χ2n) is 34.6. The first-order chi connectivity index (χ1) is 58.3. The number of aromatic nitrogens is 2. The van der Waals surface area contributed by atoms with Gasteiger partial charge in [-0.25, -0.2) is 0 Å². The smallest absolute Gasteiger partial charge is 0.256 e. The van der Waals surface area contributed by atoms with Gasteiger partial charge in [-0.1, -0.05) is 321 Å². The van der Waals surface area contributed by atoms with E-state index in [0.717, 1.165) is 173 Å². The normalized spacial score (nSPS) is 13.3. The number of rotatable bonds is 9. The highest BCUT2D eigenvalue weighted by Gasteiger charge is 2.50. The summed E-state index contributed by atoms with van der Waals surface area (Å²) in [5.41, 5.74) is 35.5. The fraction of sp³-hybridized carbons (Fsp3) is 0.0727. The SMILES string of the molecule is CC(C)(C)c1cc2c3c(c1)N(c1c(-c4ccccc4)cccc1-c1ccccc1)c1cc4c(cc1B3c1ccc(-n3c5ccccc5c5ccccc53)cc1O2)B1c2ccc(-n3c5ccccc5c5ccccc53)cc2N(c2c(-c3ccccc3)cccc2-c2ccccc2)c2cc(C(C)(C)C)cc(c21)N4c1cccc2c1oc1ccccc12. The molecule has 0 saturated heterocycles. The Balaban J connectivity index is 0.871. The van der Waals surface area contributed by atoms with Crippen LogP contribution in [-0.2, 0) is 10.8 Å². The lowest BCUT2D eigenvalue weighted by atomic mass is 9.30. The van der Waals surface area contributed by atoms with Crippen LogP contribution < -0.4 is 52.2 Å². The summed E-state index contributed by atoms with van der Waals surface area (Å²) in [5.74, 6) is 1.67. The van der Waals surface area contributed by atoms with Gasteiger partial charge in [0.25, 0.3) is 13.4 Å². The highest BCUT2D eigenvalue weighted by molar-refractivity contribution is 7.02. The Kier molecular flexibility index (Phi) is 15.0. The summed E-state index contributed by atoms with van der Waals surface area (Å²) >= 11 is 0. The predicted molar refractivity (Wildman–Crippen MR) is 501 cm³/mol. The number of para-hydroxylation sites is 8. The van der Waals surface area contributed by atoms with Gasteiger partial charge in [-0.3, -0.25) is 0 Å². The van der Waals surface area contributed by atoms with Crippen molar-refractivity contribution in [1.29, 1.82) is 0 Å². The summed E-state index contributed by atoms with van der Waals surface area (Å²) in [7, 11) is 0. The third-order valence-electron chi connectivity index (χ3n) is 25.8. The fourth-order valence-corrected chi connectivity index (χ4v) is 20.4. The molecule has 9 heteroatoms. The molecule has 0 unspecified atom stereocenters. The van der Waals surface area contributed by atoms with Crippen molar-refractivity contribution in [2.45, 2.75) is 52.4 Å². The maximum atomic E-state index is 7.87. The summed E-state index contributed by atoms with van der Waals surface area (Å²) in [5, 5.41) is 6.96. The molecule has 0 N–H and O–H groups in total. The molecule has 0 radical (unpaired) electrons. The van der Waals surface area contributed by atoms with E-state index in [1.807, 2.05) is 0 Å². The van der Waals surface area contributed by atoms with Gasteiger partial charge in [-0.15, -0.1) is 0 Å². The van der Waals surface area contributed by atoms with Gasteiger partial charge >= 0.3 is 0 Å². The van der Waals surface area contributed by atoms with E-state index in [4.69, 9.17) is 9.15 Å². The molecule has 17 aromatic carbocycles. The van der Waals surface area contributed by atoms with Crippen molar-refractivity contribution in [2.24, 2.45) is 0 Å². The highest BCUT2D eigenvalue weighted by atomic mass is 16.5. The monoisotopic (exact) mass is 1520 g/mol. The Morgan fingerprint density at radius 2 is 0.630 bits per heavy atom. The quantitative estimate of drug-likeness (QED) is 0.135. The molecule has 0 saturated carbocycles. The van der Waals surface area contributed by atoms with Crippen LogP contribution in [0.15, 0.2) is 374 Å². The van der Waals surface area contributed by atoms with Crippen LogP contribution in [-0.4, -0.2) is 22.6 Å². The molecule has 4 aliphatic heterocycles. The molecule has 4 aliphatic rings. The van der Waals surface area contributed by atoms with E-state index in [9.17, 15) is 0 Å². The molecule has 0 amide bonds. The zero-order valence-corrected chi connectivity index (χ0v) is 66.9. The largest absolute Gasteiger partial charge is 0.458 e. The van der Waals surface area contributed by atoms with Gasteiger partial charge in [-0.2, -0.15) is 0 Å². The van der Waals surface area contributed by atoms with Crippen LogP contribution in [0.1, 0.15) is 52.7 Å². The summed E-state index contributed by atoms with van der Waals surface area (Å²) in [6.45, 7) is 13.5. The Hall–Kier alpha value is -14.5. The number of fused-ring (bicyclic) bond motifs is 17. The van der Waals surface area contributed by atoms with Crippen molar-refractivity contribution in [3.8, 4) is 67.4 Å². The minimum absolute atomic E-state index is 0.320. The maximum Gasteiger partial charge on any atom is 0.256 e. The van der Waals surface area contributed by atoms with Crippen molar-refractivity contribution in [2.75, 3.05) is 14.7 Å². The fourth-order valence-electron chi connectivity index (χ4n) is 20.4. The van der Waals surface area contributed by atoms with Gasteiger partial charge in [-0.05, 0) is 162 Å². The van der Waals surface area contributed by atoms with Crippen LogP contribution in [0.2, 0.25) is 0 Å². The van der Waals surface area contributed by atoms with Crippen LogP contribution in [0.3, 0.4) is 0 Å². The Bertz CT molecular complexity index is 7420. The van der Waals surface area contributed by atoms with Crippen LogP contribution in [0.4, 0.5) is 51.2 Å². The third-order valence-corrected chi connectivity index (χ3v) is 25.8. The zero-order valence-electron chi connectivity index (χ0n) is 66.9. The molecule has 7 nitrogen and oxygen atoms in total. The number of hydrogen-bond donors (Lipinski definition) is 0. The molecular formula is C110H79B2N5O2. The molecule has 0 aliphatic carbocycles. The molecule has 3 aromatic heterocycles. The van der Waals surface area contributed by atoms with Crippen molar-refractivity contribution in [1.82, 2.24) is 9.13 Å². The van der Waals surface area contributed by atoms with Gasteiger partial charge in [0, 0.05) is 106 Å². The minimum Gasteiger partial charge on any atom is -0.458 e. The predicted octanol–water partition coefficient (Wildman–Crippen LogP) is 25.5. The molecule has 562 valence electrons. The number of furan rings is 1. The van der Waals surface area contributed by atoms with E-state index in [1.165, 1.54) is 54.5 Å². The van der Waals surface area contributed by atoms with Crippen LogP contribution >= 0.6 is 0 Å². The van der Waals surface area contributed by atoms with Gasteiger partial charge in [0.2, 0.25) is 0 Å².